The van der Waals surface area contributed by atoms with Crippen LogP contribution in [-0.4, -0.2) is 16.0 Å². The summed E-state index contributed by atoms with van der Waals surface area (Å²) in [6.07, 6.45) is 7.90. The number of benzene rings is 2. The summed E-state index contributed by atoms with van der Waals surface area (Å²) < 4.78 is 0. The molecule has 2 aromatic carbocycles. The summed E-state index contributed by atoms with van der Waals surface area (Å²) in [6, 6.07) is 14.7. The van der Waals surface area contributed by atoms with Crippen LogP contribution in [0.4, 0.5) is 0 Å². The first kappa shape index (κ1) is 21.9. The van der Waals surface area contributed by atoms with Crippen molar-refractivity contribution in [2.24, 2.45) is 11.3 Å². The predicted molar refractivity (Wildman–Crippen MR) is 122 cm³/mol. The Kier molecular flexibility index (Phi) is 6.21. The molecule has 158 valence electrons. The lowest BCUT2D eigenvalue weighted by Gasteiger charge is -2.33. The number of hydrogen-bond donors (Lipinski definition) is 2. The Labute approximate surface area is 179 Å². The van der Waals surface area contributed by atoms with Crippen LogP contribution in [0.3, 0.4) is 0 Å². The molecule has 1 unspecified atom stereocenters. The van der Waals surface area contributed by atoms with Gasteiger partial charge in [-0.2, -0.15) is 0 Å². The van der Waals surface area contributed by atoms with E-state index in [4.69, 9.17) is 0 Å². The highest BCUT2D eigenvalue weighted by molar-refractivity contribution is 5.99. The lowest BCUT2D eigenvalue weighted by molar-refractivity contribution is -0.120. The van der Waals surface area contributed by atoms with Crippen molar-refractivity contribution in [2.45, 2.75) is 52.4 Å². The van der Waals surface area contributed by atoms with E-state index in [1.807, 2.05) is 48.6 Å². The van der Waals surface area contributed by atoms with Crippen LogP contribution >= 0.6 is 0 Å². The van der Waals surface area contributed by atoms with Crippen molar-refractivity contribution in [3.8, 4) is 11.5 Å². The molecule has 1 atom stereocenters. The van der Waals surface area contributed by atoms with Crippen molar-refractivity contribution < 1.29 is 15.0 Å². The van der Waals surface area contributed by atoms with Gasteiger partial charge in [0.1, 0.15) is 11.5 Å². The number of rotatable bonds is 6. The number of ketones is 1. The Morgan fingerprint density at radius 3 is 2.20 bits per heavy atom. The Morgan fingerprint density at radius 1 is 0.900 bits per heavy atom. The molecule has 1 aliphatic carbocycles. The molecular formula is C27H32O3. The second kappa shape index (κ2) is 8.51. The van der Waals surface area contributed by atoms with Crippen LogP contribution in [-0.2, 0) is 16.6 Å². The third-order valence-electron chi connectivity index (χ3n) is 6.20. The van der Waals surface area contributed by atoms with Gasteiger partial charge in [0.05, 0.1) is 0 Å². The number of phenols is 2. The number of para-hydroxylation sites is 2. The highest BCUT2D eigenvalue weighted by atomic mass is 16.3. The maximum absolute atomic E-state index is 13.6. The first-order valence-electron chi connectivity index (χ1n) is 10.6. The fraction of sp³-hybridized carbons (Fsp3) is 0.370. The van der Waals surface area contributed by atoms with E-state index in [1.165, 1.54) is 0 Å². The molecule has 0 bridgehead atoms. The molecule has 0 spiro atoms. The molecule has 0 saturated heterocycles. The second-order valence-corrected chi connectivity index (χ2v) is 9.60. The number of carbonyl (C=O) groups is 1. The Bertz CT molecular complexity index is 979. The minimum Gasteiger partial charge on any atom is -0.508 e. The highest BCUT2D eigenvalue weighted by Crippen LogP contribution is 2.41. The molecule has 0 amide bonds. The smallest absolute Gasteiger partial charge is 0.162 e. The van der Waals surface area contributed by atoms with E-state index >= 15 is 0 Å². The highest BCUT2D eigenvalue weighted by Gasteiger charge is 2.37. The maximum Gasteiger partial charge on any atom is 0.162 e. The summed E-state index contributed by atoms with van der Waals surface area (Å²) in [4.78, 5) is 13.6. The molecule has 2 N–H and O–H groups in total. The van der Waals surface area contributed by atoms with Crippen molar-refractivity contribution in [3.63, 3.8) is 0 Å². The van der Waals surface area contributed by atoms with E-state index in [1.54, 1.807) is 12.1 Å². The minimum absolute atomic E-state index is 0.156. The lowest BCUT2D eigenvalue weighted by atomic mass is 9.70. The molecule has 3 nitrogen and oxygen atoms in total. The predicted octanol–water partition coefficient (Wildman–Crippen LogP) is 6.11. The van der Waals surface area contributed by atoms with Crippen LogP contribution in [0.15, 0.2) is 72.3 Å². The van der Waals surface area contributed by atoms with E-state index in [-0.39, 0.29) is 28.6 Å². The van der Waals surface area contributed by atoms with Gasteiger partial charge in [-0.1, -0.05) is 82.3 Å². The molecule has 30 heavy (non-hydrogen) atoms. The zero-order valence-electron chi connectivity index (χ0n) is 18.4. The van der Waals surface area contributed by atoms with Gasteiger partial charge in [0.2, 0.25) is 0 Å². The maximum atomic E-state index is 13.6. The molecule has 3 heteroatoms. The number of hydrogen-bond acceptors (Lipinski definition) is 3. The van der Waals surface area contributed by atoms with Gasteiger partial charge in [0.15, 0.2) is 5.78 Å². The lowest BCUT2D eigenvalue weighted by Crippen LogP contribution is -2.31. The molecule has 0 aromatic heterocycles. The normalized spacial score (nSPS) is 17.5. The average molecular weight is 405 g/mol. The van der Waals surface area contributed by atoms with Gasteiger partial charge in [-0.3, -0.25) is 4.79 Å². The van der Waals surface area contributed by atoms with Crippen molar-refractivity contribution in [1.29, 1.82) is 0 Å². The minimum atomic E-state index is -0.415. The van der Waals surface area contributed by atoms with E-state index in [0.29, 0.717) is 19.3 Å². The Balaban J connectivity index is 1.85. The largest absolute Gasteiger partial charge is 0.508 e. The molecule has 1 aliphatic rings. The van der Waals surface area contributed by atoms with E-state index in [2.05, 4.69) is 33.8 Å². The van der Waals surface area contributed by atoms with Crippen LogP contribution in [0.25, 0.3) is 0 Å². The Morgan fingerprint density at radius 2 is 1.53 bits per heavy atom. The van der Waals surface area contributed by atoms with E-state index in [9.17, 15) is 15.0 Å². The fourth-order valence-corrected chi connectivity index (χ4v) is 4.55. The van der Waals surface area contributed by atoms with Gasteiger partial charge in [-0.15, -0.1) is 0 Å². The summed E-state index contributed by atoms with van der Waals surface area (Å²) >= 11 is 0. The van der Waals surface area contributed by atoms with E-state index < -0.39 is 5.41 Å². The van der Waals surface area contributed by atoms with Crippen LogP contribution in [0.1, 0.15) is 51.7 Å². The summed E-state index contributed by atoms with van der Waals surface area (Å²) in [5, 5.41) is 20.5. The number of carbonyl (C=O) groups excluding carboxylic acids is 1. The number of allylic oxidation sites excluding steroid dienone is 4. The quantitative estimate of drug-likeness (QED) is 0.611. The molecule has 0 saturated carbocycles. The number of Topliss-reactive ketones (excluding diaryl/α,β-unsaturated/α-hetero) is 1. The second-order valence-electron chi connectivity index (χ2n) is 9.60. The standard InChI is InChI=1S/C27H32O3/c1-26(2,21-13-8-10-16-24(21)29)18-20-12-5-7-14-22(25(20)30)27(3,4)17-19-11-6-9-15-23(19)28/h5-11,13-16,20,28-29H,12,17-18H2,1-4H3. The van der Waals surface area contributed by atoms with Crippen LogP contribution in [0.2, 0.25) is 0 Å². The first-order chi connectivity index (χ1) is 14.1. The number of aromatic hydroxyl groups is 2. The van der Waals surface area contributed by atoms with Crippen LogP contribution in [0, 0.1) is 11.3 Å². The summed E-state index contributed by atoms with van der Waals surface area (Å²) in [6.45, 7) is 8.29. The van der Waals surface area contributed by atoms with Crippen molar-refractivity contribution in [2.75, 3.05) is 0 Å². The summed E-state index contributed by atoms with van der Waals surface area (Å²) in [7, 11) is 0. The fourth-order valence-electron chi connectivity index (χ4n) is 4.55. The van der Waals surface area contributed by atoms with E-state index in [0.717, 1.165) is 16.7 Å². The molecule has 0 heterocycles. The molecule has 0 radical (unpaired) electrons. The topological polar surface area (TPSA) is 57.5 Å². The van der Waals surface area contributed by atoms with Gasteiger partial charge in [0, 0.05) is 11.5 Å². The van der Waals surface area contributed by atoms with Gasteiger partial charge in [0.25, 0.3) is 0 Å². The molecular weight excluding hydrogens is 372 g/mol. The SMILES string of the molecule is CC(C)(Cc1ccccc1O)C1=CC=CCC(CC(C)(C)c2ccccc2O)C1=O. The zero-order valence-corrected chi connectivity index (χ0v) is 18.4. The Hall–Kier alpha value is -2.81. The molecule has 3 rings (SSSR count). The van der Waals surface area contributed by atoms with Crippen molar-refractivity contribution in [1.82, 2.24) is 0 Å². The molecule has 0 fully saturated rings. The first-order valence-corrected chi connectivity index (χ1v) is 10.6. The number of phenolic OH excluding ortho intramolecular Hbond substituents is 2. The third kappa shape index (κ3) is 4.67. The zero-order chi connectivity index (χ0) is 21.9. The van der Waals surface area contributed by atoms with Crippen molar-refractivity contribution in [3.05, 3.63) is 83.5 Å². The van der Waals surface area contributed by atoms with Crippen LogP contribution in [0.5, 0.6) is 11.5 Å². The van der Waals surface area contributed by atoms with Crippen molar-refractivity contribution >= 4 is 5.78 Å². The summed E-state index contributed by atoms with van der Waals surface area (Å²) in [5.74, 6) is 0.534. The third-order valence-corrected chi connectivity index (χ3v) is 6.20. The average Bonchev–Trinajstić information content (AvgIpc) is 2.85. The summed E-state index contributed by atoms with van der Waals surface area (Å²) in [5.41, 5.74) is 1.75. The van der Waals surface area contributed by atoms with Gasteiger partial charge >= 0.3 is 0 Å². The van der Waals surface area contributed by atoms with Gasteiger partial charge in [-0.25, -0.2) is 0 Å². The van der Waals surface area contributed by atoms with Crippen LogP contribution < -0.4 is 0 Å². The van der Waals surface area contributed by atoms with Gasteiger partial charge in [-0.05, 0) is 53.4 Å². The monoisotopic (exact) mass is 404 g/mol. The molecule has 2 aromatic rings. The molecule has 0 aliphatic heterocycles. The van der Waals surface area contributed by atoms with Gasteiger partial charge < -0.3 is 10.2 Å².